The molecule has 3 nitrogen and oxygen atoms in total. The highest BCUT2D eigenvalue weighted by Gasteiger charge is 2.21. The van der Waals surface area contributed by atoms with E-state index in [0.29, 0.717) is 6.04 Å². The molecule has 0 spiro atoms. The summed E-state index contributed by atoms with van der Waals surface area (Å²) < 4.78 is 6.78. The Hall–Kier alpha value is -1.39. The lowest BCUT2D eigenvalue weighted by atomic mass is 10.0. The van der Waals surface area contributed by atoms with E-state index >= 15 is 0 Å². The predicted octanol–water partition coefficient (Wildman–Crippen LogP) is 3.46. The standard InChI is InChI=1S/C15H15BrN2O/c16-12-3-4-15-13(8-12)14(5-7-19-15)18-10-11-2-1-6-17-9-11/h1-4,6,8-9,14,18H,5,7,10H2. The Labute approximate surface area is 121 Å². The van der Waals surface area contributed by atoms with Crippen molar-refractivity contribution in [1.82, 2.24) is 10.3 Å². The smallest absolute Gasteiger partial charge is 0.124 e. The average molecular weight is 319 g/mol. The molecule has 0 saturated carbocycles. The van der Waals surface area contributed by atoms with E-state index in [2.05, 4.69) is 38.4 Å². The van der Waals surface area contributed by atoms with Gasteiger partial charge in [0.15, 0.2) is 0 Å². The van der Waals surface area contributed by atoms with Crippen LogP contribution in [0.25, 0.3) is 0 Å². The summed E-state index contributed by atoms with van der Waals surface area (Å²) in [6, 6.07) is 10.6. The van der Waals surface area contributed by atoms with E-state index in [0.717, 1.165) is 29.8 Å². The molecule has 1 unspecified atom stereocenters. The van der Waals surface area contributed by atoms with Gasteiger partial charge in [0.1, 0.15) is 5.75 Å². The fraction of sp³-hybridized carbons (Fsp3) is 0.267. The first-order valence-corrected chi connectivity index (χ1v) is 7.17. The molecule has 1 aliphatic heterocycles. The lowest BCUT2D eigenvalue weighted by molar-refractivity contribution is 0.252. The Bertz CT molecular complexity index is 559. The van der Waals surface area contributed by atoms with E-state index < -0.39 is 0 Å². The second-order valence-corrected chi connectivity index (χ2v) is 5.53. The van der Waals surface area contributed by atoms with Gasteiger partial charge in [0.2, 0.25) is 0 Å². The van der Waals surface area contributed by atoms with Gasteiger partial charge in [0.25, 0.3) is 0 Å². The maximum Gasteiger partial charge on any atom is 0.124 e. The fourth-order valence-corrected chi connectivity index (χ4v) is 2.70. The van der Waals surface area contributed by atoms with Crippen LogP contribution in [0.2, 0.25) is 0 Å². The van der Waals surface area contributed by atoms with Crippen molar-refractivity contribution < 1.29 is 4.74 Å². The number of pyridine rings is 1. The Morgan fingerprint density at radius 3 is 3.16 bits per heavy atom. The lowest BCUT2D eigenvalue weighted by Gasteiger charge is -2.27. The van der Waals surface area contributed by atoms with E-state index in [1.54, 1.807) is 6.20 Å². The summed E-state index contributed by atoms with van der Waals surface area (Å²) in [5.74, 6) is 0.984. The molecule has 0 radical (unpaired) electrons. The molecule has 1 atom stereocenters. The van der Waals surface area contributed by atoms with Crippen molar-refractivity contribution in [1.29, 1.82) is 0 Å². The van der Waals surface area contributed by atoms with Gasteiger partial charge in [-0.25, -0.2) is 0 Å². The molecule has 1 aromatic carbocycles. The van der Waals surface area contributed by atoms with Gasteiger partial charge in [-0.3, -0.25) is 4.98 Å². The molecule has 98 valence electrons. The Morgan fingerprint density at radius 1 is 1.37 bits per heavy atom. The number of fused-ring (bicyclic) bond motifs is 1. The number of benzene rings is 1. The fourth-order valence-electron chi connectivity index (χ4n) is 2.32. The first kappa shape index (κ1) is 12.6. The number of aromatic nitrogens is 1. The summed E-state index contributed by atoms with van der Waals surface area (Å²) in [5.41, 5.74) is 2.43. The molecule has 0 saturated heterocycles. The summed E-state index contributed by atoms with van der Waals surface area (Å²) in [4.78, 5) is 4.13. The first-order chi connectivity index (χ1) is 9.33. The van der Waals surface area contributed by atoms with E-state index in [1.165, 1.54) is 11.1 Å². The Balaban J connectivity index is 1.75. The molecule has 0 aliphatic carbocycles. The monoisotopic (exact) mass is 318 g/mol. The van der Waals surface area contributed by atoms with E-state index in [-0.39, 0.29) is 0 Å². The highest BCUT2D eigenvalue weighted by atomic mass is 79.9. The second kappa shape index (κ2) is 5.72. The summed E-state index contributed by atoms with van der Waals surface area (Å²) in [6.45, 7) is 1.59. The summed E-state index contributed by atoms with van der Waals surface area (Å²) >= 11 is 3.52. The highest BCUT2D eigenvalue weighted by Crippen LogP contribution is 2.34. The largest absolute Gasteiger partial charge is 0.493 e. The normalized spacial score (nSPS) is 17.6. The third-order valence-electron chi connectivity index (χ3n) is 3.29. The number of halogens is 1. The van der Waals surface area contributed by atoms with Crippen LogP contribution in [0.5, 0.6) is 5.75 Å². The van der Waals surface area contributed by atoms with Crippen molar-refractivity contribution in [3.63, 3.8) is 0 Å². The second-order valence-electron chi connectivity index (χ2n) is 4.61. The van der Waals surface area contributed by atoms with Crippen molar-refractivity contribution in [3.05, 3.63) is 58.3 Å². The molecule has 2 aromatic rings. The molecule has 1 aromatic heterocycles. The summed E-state index contributed by atoms with van der Waals surface area (Å²) in [7, 11) is 0. The van der Waals surface area contributed by atoms with Gasteiger partial charge >= 0.3 is 0 Å². The van der Waals surface area contributed by atoms with Crippen LogP contribution in [0.1, 0.15) is 23.6 Å². The quantitative estimate of drug-likeness (QED) is 0.941. The Kier molecular flexibility index (Phi) is 3.80. The molecule has 0 amide bonds. The minimum absolute atomic E-state index is 0.335. The lowest BCUT2D eigenvalue weighted by Crippen LogP contribution is -2.26. The highest BCUT2D eigenvalue weighted by molar-refractivity contribution is 9.10. The molecule has 3 rings (SSSR count). The van der Waals surface area contributed by atoms with Gasteiger partial charge in [0, 0.05) is 41.4 Å². The Morgan fingerprint density at radius 2 is 2.32 bits per heavy atom. The SMILES string of the molecule is Brc1ccc2c(c1)C(NCc1cccnc1)CCO2. The van der Waals surface area contributed by atoms with Gasteiger partial charge < -0.3 is 10.1 Å². The van der Waals surface area contributed by atoms with Crippen LogP contribution >= 0.6 is 15.9 Å². The van der Waals surface area contributed by atoms with E-state index in [9.17, 15) is 0 Å². The average Bonchev–Trinajstić information content (AvgIpc) is 2.46. The third kappa shape index (κ3) is 2.96. The molecule has 1 aliphatic rings. The number of hydrogen-bond donors (Lipinski definition) is 1. The zero-order valence-corrected chi connectivity index (χ0v) is 12.1. The van der Waals surface area contributed by atoms with Crippen molar-refractivity contribution >= 4 is 15.9 Å². The molecule has 1 N–H and O–H groups in total. The van der Waals surface area contributed by atoms with E-state index in [1.807, 2.05) is 24.4 Å². The van der Waals surface area contributed by atoms with Crippen LogP contribution in [0.3, 0.4) is 0 Å². The van der Waals surface area contributed by atoms with Crippen molar-refractivity contribution in [3.8, 4) is 5.75 Å². The molecular formula is C15H15BrN2O. The zero-order chi connectivity index (χ0) is 13.1. The van der Waals surface area contributed by atoms with Gasteiger partial charge in [-0.2, -0.15) is 0 Å². The maximum atomic E-state index is 5.69. The predicted molar refractivity (Wildman–Crippen MR) is 78.1 cm³/mol. The van der Waals surface area contributed by atoms with Gasteiger partial charge in [0.05, 0.1) is 6.61 Å². The van der Waals surface area contributed by atoms with Gasteiger partial charge in [-0.1, -0.05) is 22.0 Å². The third-order valence-corrected chi connectivity index (χ3v) is 3.78. The van der Waals surface area contributed by atoms with Crippen LogP contribution in [0.4, 0.5) is 0 Å². The first-order valence-electron chi connectivity index (χ1n) is 6.37. The van der Waals surface area contributed by atoms with Crippen LogP contribution in [-0.2, 0) is 6.54 Å². The van der Waals surface area contributed by atoms with Crippen LogP contribution in [0.15, 0.2) is 47.2 Å². The van der Waals surface area contributed by atoms with Crippen molar-refractivity contribution in [2.24, 2.45) is 0 Å². The van der Waals surface area contributed by atoms with E-state index in [4.69, 9.17) is 4.74 Å². The van der Waals surface area contributed by atoms with Crippen molar-refractivity contribution in [2.75, 3.05) is 6.61 Å². The molecule has 0 bridgehead atoms. The molecule has 2 heterocycles. The summed E-state index contributed by atoms with van der Waals surface area (Å²) in [5, 5.41) is 3.58. The zero-order valence-electron chi connectivity index (χ0n) is 10.5. The van der Waals surface area contributed by atoms with Crippen LogP contribution in [0, 0.1) is 0 Å². The molecule has 4 heteroatoms. The number of nitrogens with zero attached hydrogens (tertiary/aromatic N) is 1. The van der Waals surface area contributed by atoms with Crippen LogP contribution in [-0.4, -0.2) is 11.6 Å². The van der Waals surface area contributed by atoms with Crippen molar-refractivity contribution in [2.45, 2.75) is 19.0 Å². The summed E-state index contributed by atoms with van der Waals surface area (Å²) in [6.07, 6.45) is 4.68. The number of nitrogens with one attached hydrogen (secondary N) is 1. The minimum Gasteiger partial charge on any atom is -0.493 e. The van der Waals surface area contributed by atoms with Gasteiger partial charge in [-0.05, 0) is 29.8 Å². The molecule has 19 heavy (non-hydrogen) atoms. The number of rotatable bonds is 3. The topological polar surface area (TPSA) is 34.2 Å². The maximum absolute atomic E-state index is 5.69. The number of ether oxygens (including phenoxy) is 1. The molecular weight excluding hydrogens is 304 g/mol. The van der Waals surface area contributed by atoms with Crippen LogP contribution < -0.4 is 10.1 Å². The number of hydrogen-bond acceptors (Lipinski definition) is 3. The minimum atomic E-state index is 0.335. The van der Waals surface area contributed by atoms with Gasteiger partial charge in [-0.15, -0.1) is 0 Å². The molecule has 0 fully saturated rings.